The normalized spacial score (nSPS) is 13.0. The van der Waals surface area contributed by atoms with E-state index in [4.69, 9.17) is 9.47 Å². The number of esters is 2. The zero-order chi connectivity index (χ0) is 33.6. The van der Waals surface area contributed by atoms with Gasteiger partial charge in [-0.05, 0) is 71.5 Å². The summed E-state index contributed by atoms with van der Waals surface area (Å²) in [6.07, 6.45) is 21.3. The van der Waals surface area contributed by atoms with Gasteiger partial charge in [0.25, 0.3) is 0 Å². The topological polar surface area (TPSA) is 76.2 Å². The highest BCUT2D eigenvalue weighted by Gasteiger charge is 2.29. The monoisotopic (exact) mass is 662 g/mol. The second-order valence-electron chi connectivity index (χ2n) is 13.6. The molecule has 0 bridgehead atoms. The van der Waals surface area contributed by atoms with E-state index in [1.54, 1.807) is 11.3 Å². The molecule has 2 heterocycles. The Balaban J connectivity index is 1.69. The molecule has 1 amide bonds. The number of carbonyl (C=O) groups excluding carboxylic acids is 3. The predicted molar refractivity (Wildman–Crippen MR) is 191 cm³/mol. The molecule has 0 spiro atoms. The maximum absolute atomic E-state index is 13.0. The number of rotatable bonds is 26. The third-order valence-corrected chi connectivity index (χ3v) is 10.3. The Morgan fingerprint density at radius 1 is 0.783 bits per heavy atom. The molecule has 1 aliphatic heterocycles. The number of hydrogen-bond donors (Lipinski definition) is 0. The molecule has 264 valence electrons. The van der Waals surface area contributed by atoms with E-state index in [0.29, 0.717) is 44.7 Å². The van der Waals surface area contributed by atoms with Crippen molar-refractivity contribution in [1.29, 1.82) is 0 Å². The van der Waals surface area contributed by atoms with Crippen LogP contribution in [0.1, 0.15) is 162 Å². The summed E-state index contributed by atoms with van der Waals surface area (Å²) in [6.45, 7) is 9.43. The van der Waals surface area contributed by atoms with Crippen molar-refractivity contribution in [2.75, 3.05) is 40.4 Å². The van der Waals surface area contributed by atoms with Gasteiger partial charge in [-0.15, -0.1) is 11.3 Å². The molecule has 0 fully saturated rings. The Bertz CT molecular complexity index is 991. The molecule has 0 radical (unpaired) electrons. The van der Waals surface area contributed by atoms with E-state index in [0.717, 1.165) is 73.2 Å². The molecule has 0 saturated heterocycles. The molecule has 1 aliphatic rings. The van der Waals surface area contributed by atoms with Gasteiger partial charge in [0.2, 0.25) is 5.91 Å². The number of unbranched alkanes of at least 4 members (excludes halogenated alkanes) is 12. The molecule has 2 rings (SSSR count). The SMILES string of the molecule is CCCCCCCCC(CCCCCCCC)C(=O)OCCCCCC(=O)N1CCc2c(sc(C)c2C(=O)OCCCN(C)C)C1. The highest BCUT2D eigenvalue weighted by molar-refractivity contribution is 7.12. The van der Waals surface area contributed by atoms with Crippen LogP contribution in [0, 0.1) is 12.8 Å². The molecule has 0 atom stereocenters. The van der Waals surface area contributed by atoms with E-state index in [9.17, 15) is 14.4 Å². The fraction of sp³-hybridized carbons (Fsp3) is 0.816. The fourth-order valence-electron chi connectivity index (χ4n) is 6.36. The first-order valence-corrected chi connectivity index (χ1v) is 19.5. The van der Waals surface area contributed by atoms with Crippen LogP contribution in [0.25, 0.3) is 0 Å². The minimum absolute atomic E-state index is 0.00892. The average molecular weight is 663 g/mol. The second kappa shape index (κ2) is 24.2. The number of carbonyl (C=O) groups is 3. The van der Waals surface area contributed by atoms with E-state index >= 15 is 0 Å². The van der Waals surface area contributed by atoms with Crippen molar-refractivity contribution >= 4 is 29.2 Å². The number of ether oxygens (including phenoxy) is 2. The van der Waals surface area contributed by atoms with Gasteiger partial charge >= 0.3 is 11.9 Å². The molecule has 0 N–H and O–H groups in total. The van der Waals surface area contributed by atoms with Crippen molar-refractivity contribution in [3.63, 3.8) is 0 Å². The lowest BCUT2D eigenvalue weighted by Crippen LogP contribution is -2.35. The molecule has 8 heteroatoms. The number of fused-ring (bicyclic) bond motifs is 1. The fourth-order valence-corrected chi connectivity index (χ4v) is 7.59. The minimum atomic E-state index is -0.231. The van der Waals surface area contributed by atoms with Crippen LogP contribution in [0.15, 0.2) is 0 Å². The number of aryl methyl sites for hydroxylation is 1. The van der Waals surface area contributed by atoms with E-state index in [1.807, 2.05) is 25.9 Å². The molecule has 0 aliphatic carbocycles. The van der Waals surface area contributed by atoms with Gasteiger partial charge in [-0.3, -0.25) is 9.59 Å². The van der Waals surface area contributed by atoms with Gasteiger partial charge in [-0.2, -0.15) is 0 Å². The van der Waals surface area contributed by atoms with Crippen LogP contribution in [0.4, 0.5) is 0 Å². The van der Waals surface area contributed by atoms with Crippen molar-refractivity contribution in [1.82, 2.24) is 9.80 Å². The summed E-state index contributed by atoms with van der Waals surface area (Å²) in [5, 5.41) is 0. The van der Waals surface area contributed by atoms with Crippen molar-refractivity contribution in [3.8, 4) is 0 Å². The largest absolute Gasteiger partial charge is 0.465 e. The Morgan fingerprint density at radius 2 is 1.37 bits per heavy atom. The summed E-state index contributed by atoms with van der Waals surface area (Å²) in [4.78, 5) is 44.9. The quantitative estimate of drug-likeness (QED) is 0.0727. The van der Waals surface area contributed by atoms with Crippen molar-refractivity contribution < 1.29 is 23.9 Å². The summed E-state index contributed by atoms with van der Waals surface area (Å²) >= 11 is 1.62. The first-order valence-electron chi connectivity index (χ1n) is 18.7. The molecule has 0 saturated carbocycles. The van der Waals surface area contributed by atoms with Gasteiger partial charge in [0.05, 0.1) is 31.2 Å². The molecule has 0 unspecified atom stereocenters. The lowest BCUT2D eigenvalue weighted by molar-refractivity contribution is -0.149. The van der Waals surface area contributed by atoms with Crippen LogP contribution in [-0.4, -0.2) is 68.0 Å². The first-order chi connectivity index (χ1) is 22.3. The lowest BCUT2D eigenvalue weighted by Gasteiger charge is -2.27. The van der Waals surface area contributed by atoms with Crippen molar-refractivity contribution in [2.45, 2.75) is 156 Å². The van der Waals surface area contributed by atoms with Crippen LogP contribution in [0.5, 0.6) is 0 Å². The van der Waals surface area contributed by atoms with Crippen LogP contribution in [0.2, 0.25) is 0 Å². The summed E-state index contributed by atoms with van der Waals surface area (Å²) in [5.74, 6) is -0.0376. The van der Waals surface area contributed by atoms with E-state index < -0.39 is 0 Å². The molecular formula is C38H66N2O5S. The van der Waals surface area contributed by atoms with Crippen LogP contribution in [-0.2, 0) is 32.0 Å². The van der Waals surface area contributed by atoms with Gasteiger partial charge < -0.3 is 19.3 Å². The van der Waals surface area contributed by atoms with Gasteiger partial charge in [0.15, 0.2) is 0 Å². The molecule has 46 heavy (non-hydrogen) atoms. The van der Waals surface area contributed by atoms with E-state index in [2.05, 4.69) is 18.7 Å². The molecule has 0 aromatic carbocycles. The maximum Gasteiger partial charge on any atom is 0.339 e. The zero-order valence-electron chi connectivity index (χ0n) is 30.1. The van der Waals surface area contributed by atoms with Crippen LogP contribution >= 0.6 is 11.3 Å². The summed E-state index contributed by atoms with van der Waals surface area (Å²) in [5.41, 5.74) is 1.78. The molecular weight excluding hydrogens is 596 g/mol. The lowest BCUT2D eigenvalue weighted by atomic mass is 9.94. The van der Waals surface area contributed by atoms with Gasteiger partial charge in [0, 0.05) is 29.3 Å². The standard InChI is InChI=1S/C38H66N2O5S/c1-6-8-10-12-14-17-22-32(23-18-15-13-11-9-7-2)37(42)44-28-20-16-19-24-35(41)40-27-25-33-34(30-40)46-31(3)36(33)38(43)45-29-21-26-39(4)5/h32H,6-30H2,1-5H3. The Morgan fingerprint density at radius 3 is 2.00 bits per heavy atom. The smallest absolute Gasteiger partial charge is 0.339 e. The summed E-state index contributed by atoms with van der Waals surface area (Å²) < 4.78 is 11.3. The Hall–Kier alpha value is -1.93. The summed E-state index contributed by atoms with van der Waals surface area (Å²) in [6, 6.07) is 0. The maximum atomic E-state index is 13.0. The van der Waals surface area contributed by atoms with Gasteiger partial charge in [0.1, 0.15) is 0 Å². The Kier molecular flexibility index (Phi) is 21.2. The zero-order valence-corrected chi connectivity index (χ0v) is 30.9. The molecule has 1 aromatic rings. The summed E-state index contributed by atoms with van der Waals surface area (Å²) in [7, 11) is 4.02. The predicted octanol–water partition coefficient (Wildman–Crippen LogP) is 9.27. The highest BCUT2D eigenvalue weighted by atomic mass is 32.1. The second-order valence-corrected chi connectivity index (χ2v) is 14.9. The highest BCUT2D eigenvalue weighted by Crippen LogP contribution is 2.33. The third-order valence-electron chi connectivity index (χ3n) is 9.20. The van der Waals surface area contributed by atoms with Crippen molar-refractivity contribution in [2.24, 2.45) is 5.92 Å². The average Bonchev–Trinajstić information content (AvgIpc) is 3.37. The van der Waals surface area contributed by atoms with Crippen molar-refractivity contribution in [3.05, 3.63) is 20.9 Å². The van der Waals surface area contributed by atoms with Gasteiger partial charge in [-0.1, -0.05) is 90.9 Å². The van der Waals surface area contributed by atoms with E-state index in [-0.39, 0.29) is 23.8 Å². The Labute approximate surface area is 285 Å². The van der Waals surface area contributed by atoms with E-state index in [1.165, 1.54) is 64.2 Å². The number of nitrogens with zero attached hydrogens (tertiary/aromatic N) is 2. The number of hydrogen-bond acceptors (Lipinski definition) is 7. The van der Waals surface area contributed by atoms with Crippen LogP contribution < -0.4 is 0 Å². The van der Waals surface area contributed by atoms with Gasteiger partial charge in [-0.25, -0.2) is 4.79 Å². The number of thiophene rings is 1. The number of amides is 1. The molecule has 7 nitrogen and oxygen atoms in total. The third kappa shape index (κ3) is 15.8. The molecule has 1 aromatic heterocycles. The minimum Gasteiger partial charge on any atom is -0.465 e. The van der Waals surface area contributed by atoms with Crippen LogP contribution in [0.3, 0.4) is 0 Å². The first kappa shape index (κ1) is 40.2.